The molecule has 1 aromatic rings. The van der Waals surface area contributed by atoms with E-state index in [9.17, 15) is 14.0 Å². The highest BCUT2D eigenvalue weighted by Gasteiger charge is 2.10. The molecule has 0 saturated heterocycles. The second-order valence-electron chi connectivity index (χ2n) is 5.20. The van der Waals surface area contributed by atoms with Gasteiger partial charge in [-0.15, -0.1) is 0 Å². The molecule has 0 spiro atoms. The normalized spacial score (nSPS) is 11.9. The van der Waals surface area contributed by atoms with Crippen molar-refractivity contribution in [1.29, 1.82) is 0 Å². The molecule has 0 saturated carbocycles. The molecule has 0 aliphatic carbocycles. The maximum atomic E-state index is 12.7. The lowest BCUT2D eigenvalue weighted by Crippen LogP contribution is -2.45. The summed E-state index contributed by atoms with van der Waals surface area (Å²) < 4.78 is 12.7. The fourth-order valence-electron chi connectivity index (χ4n) is 1.48. The Balaban J connectivity index is 2.23. The summed E-state index contributed by atoms with van der Waals surface area (Å²) >= 11 is 0. The average molecular weight is 295 g/mol. The minimum atomic E-state index is -0.385. The second kappa shape index (κ2) is 8.24. The van der Waals surface area contributed by atoms with Crippen LogP contribution in [0.5, 0.6) is 0 Å². The number of halogens is 1. The summed E-state index contributed by atoms with van der Waals surface area (Å²) in [4.78, 5) is 23.2. The standard InChI is InChI=1S/C15H22FN3O2/c1-10(2)11(3)19-15(21)18-9-8-17-14(20)12-4-6-13(16)7-5-12/h4-7,10-11H,8-9H2,1-3H3,(H,17,20)(H2,18,19,21). The molecule has 1 atom stereocenters. The van der Waals surface area contributed by atoms with Gasteiger partial charge in [0.2, 0.25) is 0 Å². The van der Waals surface area contributed by atoms with Gasteiger partial charge in [0.15, 0.2) is 0 Å². The molecule has 0 aromatic heterocycles. The number of carbonyl (C=O) groups is 2. The lowest BCUT2D eigenvalue weighted by molar-refractivity contribution is 0.0953. The molecule has 0 bridgehead atoms. The Hall–Kier alpha value is -2.11. The maximum Gasteiger partial charge on any atom is 0.315 e. The molecular formula is C15H22FN3O2. The zero-order valence-corrected chi connectivity index (χ0v) is 12.6. The van der Waals surface area contributed by atoms with E-state index >= 15 is 0 Å². The first-order valence-corrected chi connectivity index (χ1v) is 6.98. The number of rotatable bonds is 6. The van der Waals surface area contributed by atoms with Crippen LogP contribution in [0.3, 0.4) is 0 Å². The van der Waals surface area contributed by atoms with E-state index < -0.39 is 0 Å². The van der Waals surface area contributed by atoms with E-state index in [-0.39, 0.29) is 23.8 Å². The molecule has 6 heteroatoms. The monoisotopic (exact) mass is 295 g/mol. The minimum absolute atomic E-state index is 0.0822. The molecule has 5 nitrogen and oxygen atoms in total. The van der Waals surface area contributed by atoms with Crippen LogP contribution in [0, 0.1) is 11.7 Å². The van der Waals surface area contributed by atoms with Crippen LogP contribution < -0.4 is 16.0 Å². The van der Waals surface area contributed by atoms with Crippen molar-refractivity contribution in [2.24, 2.45) is 5.92 Å². The lowest BCUT2D eigenvalue weighted by atomic mass is 10.1. The van der Waals surface area contributed by atoms with Gasteiger partial charge in [0.25, 0.3) is 5.91 Å². The molecule has 0 radical (unpaired) electrons. The molecule has 21 heavy (non-hydrogen) atoms. The fourth-order valence-corrected chi connectivity index (χ4v) is 1.48. The van der Waals surface area contributed by atoms with Gasteiger partial charge in [0, 0.05) is 24.7 Å². The van der Waals surface area contributed by atoms with E-state index in [0.29, 0.717) is 24.6 Å². The SMILES string of the molecule is CC(C)C(C)NC(=O)NCCNC(=O)c1ccc(F)cc1. The van der Waals surface area contributed by atoms with Crippen LogP contribution in [-0.4, -0.2) is 31.1 Å². The summed E-state index contributed by atoms with van der Waals surface area (Å²) in [6.07, 6.45) is 0. The Morgan fingerprint density at radius 2 is 1.62 bits per heavy atom. The Bertz CT molecular complexity index is 474. The van der Waals surface area contributed by atoms with Crippen molar-refractivity contribution in [1.82, 2.24) is 16.0 Å². The lowest BCUT2D eigenvalue weighted by Gasteiger charge is -2.17. The zero-order chi connectivity index (χ0) is 15.8. The van der Waals surface area contributed by atoms with Crippen LogP contribution in [0.15, 0.2) is 24.3 Å². The topological polar surface area (TPSA) is 70.2 Å². The van der Waals surface area contributed by atoms with Crippen LogP contribution in [0.2, 0.25) is 0 Å². The molecule has 3 N–H and O–H groups in total. The molecule has 0 fully saturated rings. The van der Waals surface area contributed by atoms with Crippen molar-refractivity contribution in [3.63, 3.8) is 0 Å². The maximum absolute atomic E-state index is 12.7. The van der Waals surface area contributed by atoms with Crippen molar-refractivity contribution in [3.05, 3.63) is 35.6 Å². The number of nitrogens with one attached hydrogen (secondary N) is 3. The molecule has 0 heterocycles. The van der Waals surface area contributed by atoms with Crippen molar-refractivity contribution in [2.45, 2.75) is 26.8 Å². The van der Waals surface area contributed by atoms with E-state index in [1.54, 1.807) is 0 Å². The second-order valence-corrected chi connectivity index (χ2v) is 5.20. The molecule has 1 rings (SSSR count). The summed E-state index contributed by atoms with van der Waals surface area (Å²) in [6.45, 7) is 6.60. The first-order valence-electron chi connectivity index (χ1n) is 6.98. The van der Waals surface area contributed by atoms with Gasteiger partial charge in [-0.3, -0.25) is 4.79 Å². The Kier molecular flexibility index (Phi) is 6.65. The van der Waals surface area contributed by atoms with Gasteiger partial charge in [-0.1, -0.05) is 13.8 Å². The average Bonchev–Trinajstić information content (AvgIpc) is 2.44. The predicted molar refractivity (Wildman–Crippen MR) is 79.6 cm³/mol. The van der Waals surface area contributed by atoms with E-state index in [1.807, 2.05) is 20.8 Å². The molecular weight excluding hydrogens is 273 g/mol. The van der Waals surface area contributed by atoms with Gasteiger partial charge in [-0.25, -0.2) is 9.18 Å². The minimum Gasteiger partial charge on any atom is -0.350 e. The van der Waals surface area contributed by atoms with Crippen LogP contribution in [0.1, 0.15) is 31.1 Å². The third-order valence-electron chi connectivity index (χ3n) is 3.16. The fraction of sp³-hybridized carbons (Fsp3) is 0.467. The third kappa shape index (κ3) is 6.25. The van der Waals surface area contributed by atoms with Crippen LogP contribution >= 0.6 is 0 Å². The van der Waals surface area contributed by atoms with Gasteiger partial charge >= 0.3 is 6.03 Å². The summed E-state index contributed by atoms with van der Waals surface area (Å²) in [7, 11) is 0. The van der Waals surface area contributed by atoms with Gasteiger partial charge in [-0.2, -0.15) is 0 Å². The highest BCUT2D eigenvalue weighted by atomic mass is 19.1. The number of hydrogen-bond donors (Lipinski definition) is 3. The summed E-state index contributed by atoms with van der Waals surface area (Å²) in [5, 5.41) is 8.11. The van der Waals surface area contributed by atoms with Gasteiger partial charge in [0.05, 0.1) is 0 Å². The van der Waals surface area contributed by atoms with Gasteiger partial charge in [0.1, 0.15) is 5.82 Å². The van der Waals surface area contributed by atoms with Crippen LogP contribution in [0.4, 0.5) is 9.18 Å². The smallest absolute Gasteiger partial charge is 0.315 e. The highest BCUT2D eigenvalue weighted by molar-refractivity contribution is 5.94. The molecule has 0 aliphatic rings. The quantitative estimate of drug-likeness (QED) is 0.702. The molecule has 0 aliphatic heterocycles. The first kappa shape index (κ1) is 16.9. The number of hydrogen-bond acceptors (Lipinski definition) is 2. The van der Waals surface area contributed by atoms with Crippen molar-refractivity contribution >= 4 is 11.9 Å². The Morgan fingerprint density at radius 3 is 2.19 bits per heavy atom. The molecule has 1 aromatic carbocycles. The van der Waals surface area contributed by atoms with Crippen molar-refractivity contribution in [2.75, 3.05) is 13.1 Å². The predicted octanol–water partition coefficient (Wildman–Crippen LogP) is 1.90. The van der Waals surface area contributed by atoms with Gasteiger partial charge in [-0.05, 0) is 37.1 Å². The van der Waals surface area contributed by atoms with Crippen LogP contribution in [-0.2, 0) is 0 Å². The first-order chi connectivity index (χ1) is 9.90. The highest BCUT2D eigenvalue weighted by Crippen LogP contribution is 2.02. The third-order valence-corrected chi connectivity index (χ3v) is 3.16. The van der Waals surface area contributed by atoms with Crippen molar-refractivity contribution < 1.29 is 14.0 Å². The van der Waals surface area contributed by atoms with E-state index in [4.69, 9.17) is 0 Å². The summed E-state index contributed by atoms with van der Waals surface area (Å²) in [5.41, 5.74) is 0.384. The summed E-state index contributed by atoms with van der Waals surface area (Å²) in [6, 6.07) is 5.11. The van der Waals surface area contributed by atoms with E-state index in [0.717, 1.165) is 0 Å². The van der Waals surface area contributed by atoms with Crippen molar-refractivity contribution in [3.8, 4) is 0 Å². The Morgan fingerprint density at radius 1 is 1.05 bits per heavy atom. The Labute approximate surface area is 124 Å². The van der Waals surface area contributed by atoms with Gasteiger partial charge < -0.3 is 16.0 Å². The number of amides is 3. The summed E-state index contributed by atoms with van der Waals surface area (Å²) in [5.74, 6) is -0.328. The van der Waals surface area contributed by atoms with E-state index in [1.165, 1.54) is 24.3 Å². The number of carbonyl (C=O) groups excluding carboxylic acids is 2. The number of benzene rings is 1. The molecule has 116 valence electrons. The van der Waals surface area contributed by atoms with E-state index in [2.05, 4.69) is 16.0 Å². The number of urea groups is 1. The molecule has 1 unspecified atom stereocenters. The largest absolute Gasteiger partial charge is 0.350 e. The van der Waals surface area contributed by atoms with Crippen LogP contribution in [0.25, 0.3) is 0 Å². The zero-order valence-electron chi connectivity index (χ0n) is 12.6. The molecule has 3 amide bonds.